The molecule has 0 amide bonds. The molecule has 5 heteroatoms. The minimum Gasteiger partial charge on any atom is -0.312 e. The van der Waals surface area contributed by atoms with Gasteiger partial charge in [0.2, 0.25) is 0 Å². The summed E-state index contributed by atoms with van der Waals surface area (Å²) >= 11 is 3.42. The third kappa shape index (κ3) is 1.16. The van der Waals surface area contributed by atoms with Crippen LogP contribution in [0.25, 0.3) is 11.0 Å². The zero-order valence-corrected chi connectivity index (χ0v) is 9.03. The predicted molar refractivity (Wildman–Crippen MR) is 57.1 cm³/mol. The lowest BCUT2D eigenvalue weighted by atomic mass is 10.2. The van der Waals surface area contributed by atoms with Crippen molar-refractivity contribution in [2.75, 3.05) is 13.1 Å². The Morgan fingerprint density at radius 3 is 3.00 bits per heavy atom. The van der Waals surface area contributed by atoms with Crippen molar-refractivity contribution in [3.8, 4) is 0 Å². The molecule has 4 nitrogen and oxygen atoms in total. The van der Waals surface area contributed by atoms with Crippen LogP contribution in [-0.4, -0.2) is 28.1 Å². The number of aromatic nitrogens is 3. The molecule has 1 aromatic heterocycles. The highest BCUT2D eigenvalue weighted by atomic mass is 79.9. The highest BCUT2D eigenvalue weighted by Gasteiger charge is 2.21. The molecule has 0 atom stereocenters. The minimum atomic E-state index is 0.473. The summed E-state index contributed by atoms with van der Waals surface area (Å²) in [5.74, 6) is 0. The standard InChI is InChI=1S/C9H9BrN4/c10-6-1-2-9-8(3-6)12-13-14(9)7-4-11-5-7/h1-3,7,11H,4-5H2. The van der Waals surface area contributed by atoms with Crippen LogP contribution in [0.4, 0.5) is 0 Å². The van der Waals surface area contributed by atoms with E-state index in [9.17, 15) is 0 Å². The predicted octanol–water partition coefficient (Wildman–Crippen LogP) is 1.34. The maximum Gasteiger partial charge on any atom is 0.114 e. The first kappa shape index (κ1) is 8.38. The molecule has 1 fully saturated rings. The molecule has 0 spiro atoms. The quantitative estimate of drug-likeness (QED) is 0.833. The Hall–Kier alpha value is -0.940. The topological polar surface area (TPSA) is 42.7 Å². The zero-order valence-electron chi connectivity index (χ0n) is 7.44. The van der Waals surface area contributed by atoms with Crippen LogP contribution in [0.15, 0.2) is 22.7 Å². The van der Waals surface area contributed by atoms with Crippen molar-refractivity contribution >= 4 is 27.0 Å². The van der Waals surface area contributed by atoms with Gasteiger partial charge in [-0.1, -0.05) is 21.1 Å². The van der Waals surface area contributed by atoms with Gasteiger partial charge in [-0.15, -0.1) is 5.10 Å². The van der Waals surface area contributed by atoms with Crippen LogP contribution in [0.3, 0.4) is 0 Å². The van der Waals surface area contributed by atoms with Gasteiger partial charge in [0.05, 0.1) is 11.6 Å². The number of halogens is 1. The van der Waals surface area contributed by atoms with Crippen molar-refractivity contribution in [2.24, 2.45) is 0 Å². The molecule has 0 unspecified atom stereocenters. The molecular weight excluding hydrogens is 244 g/mol. The summed E-state index contributed by atoms with van der Waals surface area (Å²) in [6, 6.07) is 6.54. The van der Waals surface area contributed by atoms with Gasteiger partial charge >= 0.3 is 0 Å². The van der Waals surface area contributed by atoms with Crippen LogP contribution in [0.1, 0.15) is 6.04 Å². The van der Waals surface area contributed by atoms with E-state index in [2.05, 4.69) is 37.6 Å². The Balaban J connectivity index is 2.16. The fraction of sp³-hybridized carbons (Fsp3) is 0.333. The average molecular weight is 253 g/mol. The normalized spacial score (nSPS) is 17.2. The summed E-state index contributed by atoms with van der Waals surface area (Å²) < 4.78 is 3.04. The van der Waals surface area contributed by atoms with Gasteiger partial charge in [-0.3, -0.25) is 0 Å². The summed E-state index contributed by atoms with van der Waals surface area (Å²) in [5.41, 5.74) is 2.06. The van der Waals surface area contributed by atoms with Gasteiger partial charge in [-0.2, -0.15) is 0 Å². The largest absolute Gasteiger partial charge is 0.312 e. The summed E-state index contributed by atoms with van der Waals surface area (Å²) in [6.45, 7) is 1.99. The van der Waals surface area contributed by atoms with E-state index < -0.39 is 0 Å². The molecule has 2 heterocycles. The highest BCUT2D eigenvalue weighted by Crippen LogP contribution is 2.21. The molecule has 0 radical (unpaired) electrons. The zero-order chi connectivity index (χ0) is 9.54. The molecule has 3 rings (SSSR count). The lowest BCUT2D eigenvalue weighted by molar-refractivity contribution is 0.320. The van der Waals surface area contributed by atoms with Crippen LogP contribution >= 0.6 is 15.9 Å². The van der Waals surface area contributed by atoms with Gasteiger partial charge < -0.3 is 5.32 Å². The molecule has 0 aliphatic carbocycles. The van der Waals surface area contributed by atoms with Crippen molar-refractivity contribution in [1.82, 2.24) is 20.3 Å². The van der Waals surface area contributed by atoms with E-state index in [1.807, 2.05) is 16.8 Å². The number of hydrogen-bond acceptors (Lipinski definition) is 3. The number of nitrogens with zero attached hydrogens (tertiary/aromatic N) is 3. The van der Waals surface area contributed by atoms with E-state index in [1.165, 1.54) is 0 Å². The molecule has 1 aliphatic heterocycles. The van der Waals surface area contributed by atoms with E-state index in [0.717, 1.165) is 28.6 Å². The maximum absolute atomic E-state index is 4.16. The lowest BCUT2D eigenvalue weighted by Gasteiger charge is -2.27. The van der Waals surface area contributed by atoms with Gasteiger partial charge in [-0.05, 0) is 18.2 Å². The first-order chi connectivity index (χ1) is 6.84. The number of rotatable bonds is 1. The third-order valence-corrected chi connectivity index (χ3v) is 3.03. The van der Waals surface area contributed by atoms with Crippen molar-refractivity contribution in [2.45, 2.75) is 6.04 Å². The molecule has 1 aromatic carbocycles. The van der Waals surface area contributed by atoms with Crippen molar-refractivity contribution in [3.05, 3.63) is 22.7 Å². The van der Waals surface area contributed by atoms with Gasteiger partial charge in [0.25, 0.3) is 0 Å². The van der Waals surface area contributed by atoms with E-state index in [1.54, 1.807) is 0 Å². The number of fused-ring (bicyclic) bond motifs is 1. The minimum absolute atomic E-state index is 0.473. The Morgan fingerprint density at radius 1 is 1.43 bits per heavy atom. The smallest absolute Gasteiger partial charge is 0.114 e. The van der Waals surface area contributed by atoms with E-state index in [0.29, 0.717) is 6.04 Å². The second-order valence-electron chi connectivity index (χ2n) is 3.48. The van der Waals surface area contributed by atoms with Gasteiger partial charge in [0, 0.05) is 17.6 Å². The van der Waals surface area contributed by atoms with Crippen molar-refractivity contribution < 1.29 is 0 Å². The first-order valence-corrected chi connectivity index (χ1v) is 5.35. The number of nitrogens with one attached hydrogen (secondary N) is 1. The van der Waals surface area contributed by atoms with Crippen LogP contribution in [0.5, 0.6) is 0 Å². The SMILES string of the molecule is Brc1ccc2c(c1)nnn2C1CNC1. The van der Waals surface area contributed by atoms with Crippen molar-refractivity contribution in [1.29, 1.82) is 0 Å². The first-order valence-electron chi connectivity index (χ1n) is 4.56. The van der Waals surface area contributed by atoms with Crippen LogP contribution in [0.2, 0.25) is 0 Å². The lowest BCUT2D eigenvalue weighted by Crippen LogP contribution is -2.43. The van der Waals surface area contributed by atoms with E-state index >= 15 is 0 Å². The van der Waals surface area contributed by atoms with Crippen LogP contribution < -0.4 is 5.32 Å². The monoisotopic (exact) mass is 252 g/mol. The fourth-order valence-corrected chi connectivity index (χ4v) is 1.98. The third-order valence-electron chi connectivity index (χ3n) is 2.54. The summed E-state index contributed by atoms with van der Waals surface area (Å²) in [7, 11) is 0. The molecular formula is C9H9BrN4. The fourth-order valence-electron chi connectivity index (χ4n) is 1.63. The molecule has 72 valence electrons. The van der Waals surface area contributed by atoms with Crippen LogP contribution in [0, 0.1) is 0 Å². The maximum atomic E-state index is 4.16. The van der Waals surface area contributed by atoms with Crippen LogP contribution in [-0.2, 0) is 0 Å². The van der Waals surface area contributed by atoms with Gasteiger partial charge in [0.1, 0.15) is 5.52 Å². The second-order valence-corrected chi connectivity index (χ2v) is 4.39. The Kier molecular flexibility index (Phi) is 1.81. The molecule has 1 N–H and O–H groups in total. The average Bonchev–Trinajstić information content (AvgIpc) is 2.45. The summed E-state index contributed by atoms with van der Waals surface area (Å²) in [6.07, 6.45) is 0. The molecule has 2 aromatic rings. The molecule has 1 aliphatic rings. The van der Waals surface area contributed by atoms with Crippen molar-refractivity contribution in [3.63, 3.8) is 0 Å². The highest BCUT2D eigenvalue weighted by molar-refractivity contribution is 9.10. The van der Waals surface area contributed by atoms with E-state index in [4.69, 9.17) is 0 Å². The Morgan fingerprint density at radius 2 is 2.29 bits per heavy atom. The number of benzene rings is 1. The van der Waals surface area contributed by atoms with E-state index in [-0.39, 0.29) is 0 Å². The second kappa shape index (κ2) is 3.03. The number of hydrogen-bond donors (Lipinski definition) is 1. The Bertz CT molecular complexity index is 475. The molecule has 0 bridgehead atoms. The summed E-state index contributed by atoms with van der Waals surface area (Å²) in [4.78, 5) is 0. The molecule has 1 saturated heterocycles. The molecule has 0 saturated carbocycles. The van der Waals surface area contributed by atoms with Gasteiger partial charge in [-0.25, -0.2) is 4.68 Å². The Labute approximate surface area is 89.4 Å². The molecule has 14 heavy (non-hydrogen) atoms. The van der Waals surface area contributed by atoms with Gasteiger partial charge in [0.15, 0.2) is 0 Å². The summed E-state index contributed by atoms with van der Waals surface area (Å²) in [5, 5.41) is 11.5.